The Kier molecular flexibility index (Phi) is 3.86. The molecule has 0 spiro atoms. The van der Waals surface area contributed by atoms with Crippen LogP contribution in [0.5, 0.6) is 5.75 Å². The fourth-order valence-corrected chi connectivity index (χ4v) is 2.05. The number of nitrogens with two attached hydrogens (primary N) is 1. The van der Waals surface area contributed by atoms with Gasteiger partial charge in [-0.3, -0.25) is 9.78 Å². The van der Waals surface area contributed by atoms with Gasteiger partial charge in [0.05, 0.1) is 5.52 Å². The molecule has 0 bridgehead atoms. The number of aromatic nitrogens is 1. The van der Waals surface area contributed by atoms with E-state index in [9.17, 15) is 4.79 Å². The topological polar surface area (TPSA) is 65.2 Å². The molecule has 1 aromatic heterocycles. The molecule has 0 radical (unpaired) electrons. The van der Waals surface area contributed by atoms with Crippen LogP contribution in [0.3, 0.4) is 0 Å². The minimum atomic E-state index is -1.11. The number of benzene rings is 1. The molecule has 0 aliphatic carbocycles. The molecule has 102 valence electrons. The van der Waals surface area contributed by atoms with Gasteiger partial charge in [0.1, 0.15) is 5.75 Å². The molecule has 5 heteroatoms. The number of thioether (sulfide) groups is 1. The largest absolute Gasteiger partial charge is 0.467 e. The van der Waals surface area contributed by atoms with Crippen molar-refractivity contribution in [2.24, 2.45) is 5.73 Å². The van der Waals surface area contributed by atoms with Crippen molar-refractivity contribution in [1.82, 2.24) is 4.98 Å². The Balaban J connectivity index is 2.41. The number of primary amides is 1. The lowest BCUT2D eigenvalue weighted by Gasteiger charge is -2.25. The van der Waals surface area contributed by atoms with E-state index in [0.29, 0.717) is 11.3 Å². The summed E-state index contributed by atoms with van der Waals surface area (Å²) < 4.78 is 5.70. The Labute approximate surface area is 121 Å². The molecule has 1 aromatic carbocycles. The standard InChI is InChI=1S/C15H14N2O2S/c1-4-10-7-11-8-12(5-6-13(11)17-9-10)19-15(2,20-3)14(16)18/h1,5-9H,2-3H3,(H2,16,18). The summed E-state index contributed by atoms with van der Waals surface area (Å²) in [6.07, 6.45) is 8.76. The number of hydrogen-bond donors (Lipinski definition) is 1. The maximum Gasteiger partial charge on any atom is 0.272 e. The third kappa shape index (κ3) is 2.70. The Hall–Kier alpha value is -2.19. The van der Waals surface area contributed by atoms with Crippen molar-refractivity contribution in [3.63, 3.8) is 0 Å². The van der Waals surface area contributed by atoms with E-state index in [4.69, 9.17) is 16.9 Å². The number of fused-ring (bicyclic) bond motifs is 1. The van der Waals surface area contributed by atoms with E-state index in [1.54, 1.807) is 31.5 Å². The first-order valence-corrected chi connectivity index (χ1v) is 7.11. The van der Waals surface area contributed by atoms with Gasteiger partial charge in [-0.25, -0.2) is 0 Å². The molecule has 1 unspecified atom stereocenters. The highest BCUT2D eigenvalue weighted by Crippen LogP contribution is 2.29. The number of carbonyl (C=O) groups excluding carboxylic acids is 1. The maximum absolute atomic E-state index is 11.5. The highest BCUT2D eigenvalue weighted by Gasteiger charge is 2.32. The predicted octanol–water partition coefficient (Wildman–Crippen LogP) is 2.16. The van der Waals surface area contributed by atoms with Gasteiger partial charge in [-0.2, -0.15) is 0 Å². The van der Waals surface area contributed by atoms with Crippen LogP contribution in [0, 0.1) is 12.3 Å². The summed E-state index contributed by atoms with van der Waals surface area (Å²) in [5.41, 5.74) is 6.86. The van der Waals surface area contributed by atoms with Crippen molar-refractivity contribution in [2.75, 3.05) is 6.26 Å². The summed E-state index contributed by atoms with van der Waals surface area (Å²) in [6, 6.07) is 7.20. The molecule has 2 N–H and O–H groups in total. The average Bonchev–Trinajstić information content (AvgIpc) is 2.46. The van der Waals surface area contributed by atoms with Gasteiger partial charge in [0.25, 0.3) is 5.91 Å². The molecule has 1 amide bonds. The highest BCUT2D eigenvalue weighted by molar-refractivity contribution is 8.00. The normalized spacial score (nSPS) is 13.4. The van der Waals surface area contributed by atoms with E-state index in [-0.39, 0.29) is 0 Å². The number of hydrogen-bond acceptors (Lipinski definition) is 4. The summed E-state index contributed by atoms with van der Waals surface area (Å²) in [5.74, 6) is 2.55. The van der Waals surface area contributed by atoms with Crippen LogP contribution in [0.2, 0.25) is 0 Å². The Morgan fingerprint density at radius 3 is 2.85 bits per heavy atom. The summed E-state index contributed by atoms with van der Waals surface area (Å²) in [6.45, 7) is 1.64. The first kappa shape index (κ1) is 14.2. The average molecular weight is 286 g/mol. The fraction of sp³-hybridized carbons (Fsp3) is 0.200. The lowest BCUT2D eigenvalue weighted by atomic mass is 10.1. The zero-order chi connectivity index (χ0) is 14.8. The van der Waals surface area contributed by atoms with E-state index in [1.807, 2.05) is 12.1 Å². The van der Waals surface area contributed by atoms with E-state index < -0.39 is 10.8 Å². The Morgan fingerprint density at radius 2 is 2.25 bits per heavy atom. The molecule has 20 heavy (non-hydrogen) atoms. The van der Waals surface area contributed by atoms with Gasteiger partial charge in [-0.1, -0.05) is 5.92 Å². The number of rotatable bonds is 4. The van der Waals surface area contributed by atoms with E-state index >= 15 is 0 Å². The van der Waals surface area contributed by atoms with Crippen LogP contribution >= 0.6 is 11.8 Å². The molecule has 0 saturated heterocycles. The fourth-order valence-electron chi connectivity index (χ4n) is 1.67. The summed E-state index contributed by atoms with van der Waals surface area (Å²) in [5, 5.41) is 0.853. The van der Waals surface area contributed by atoms with Crippen LogP contribution < -0.4 is 10.5 Å². The molecular weight excluding hydrogens is 272 g/mol. The maximum atomic E-state index is 11.5. The predicted molar refractivity (Wildman–Crippen MR) is 81.4 cm³/mol. The van der Waals surface area contributed by atoms with E-state index in [0.717, 1.165) is 10.9 Å². The quantitative estimate of drug-likeness (QED) is 0.691. The number of carbonyl (C=O) groups is 1. The Bertz CT molecular complexity index is 709. The van der Waals surface area contributed by atoms with Gasteiger partial charge in [-0.15, -0.1) is 18.2 Å². The van der Waals surface area contributed by atoms with Crippen molar-refractivity contribution >= 4 is 28.6 Å². The second kappa shape index (κ2) is 5.43. The van der Waals surface area contributed by atoms with Crippen molar-refractivity contribution in [3.8, 4) is 18.1 Å². The number of pyridine rings is 1. The zero-order valence-corrected chi connectivity index (χ0v) is 12.0. The number of nitrogens with zero attached hydrogens (tertiary/aromatic N) is 1. The highest BCUT2D eigenvalue weighted by atomic mass is 32.2. The number of terminal acetylenes is 1. The molecule has 0 fully saturated rings. The third-order valence-electron chi connectivity index (χ3n) is 2.97. The molecule has 2 aromatic rings. The van der Waals surface area contributed by atoms with Gasteiger partial charge in [0.15, 0.2) is 0 Å². The van der Waals surface area contributed by atoms with Gasteiger partial charge < -0.3 is 10.5 Å². The third-order valence-corrected chi connectivity index (χ3v) is 4.03. The van der Waals surface area contributed by atoms with Gasteiger partial charge >= 0.3 is 0 Å². The summed E-state index contributed by atoms with van der Waals surface area (Å²) >= 11 is 1.24. The van der Waals surface area contributed by atoms with Crippen molar-refractivity contribution in [3.05, 3.63) is 36.0 Å². The van der Waals surface area contributed by atoms with Crippen LogP contribution in [0.25, 0.3) is 10.9 Å². The first-order chi connectivity index (χ1) is 9.48. The minimum Gasteiger partial charge on any atom is -0.467 e. The van der Waals surface area contributed by atoms with Crippen LogP contribution in [-0.2, 0) is 4.79 Å². The molecule has 0 saturated carbocycles. The molecule has 0 aliphatic heterocycles. The van der Waals surface area contributed by atoms with Gasteiger partial charge in [0, 0.05) is 17.1 Å². The molecule has 2 rings (SSSR count). The van der Waals surface area contributed by atoms with E-state index in [2.05, 4.69) is 10.9 Å². The van der Waals surface area contributed by atoms with Gasteiger partial charge in [0.2, 0.25) is 4.93 Å². The Morgan fingerprint density at radius 1 is 1.50 bits per heavy atom. The molecule has 4 nitrogen and oxygen atoms in total. The van der Waals surface area contributed by atoms with Crippen molar-refractivity contribution in [1.29, 1.82) is 0 Å². The number of amides is 1. The molecule has 1 atom stereocenters. The second-order valence-electron chi connectivity index (χ2n) is 4.34. The van der Waals surface area contributed by atoms with Crippen LogP contribution in [-0.4, -0.2) is 22.1 Å². The lowest BCUT2D eigenvalue weighted by molar-refractivity contribution is -0.125. The summed E-state index contributed by atoms with van der Waals surface area (Å²) in [4.78, 5) is 14.6. The van der Waals surface area contributed by atoms with Crippen molar-refractivity contribution < 1.29 is 9.53 Å². The summed E-state index contributed by atoms with van der Waals surface area (Å²) in [7, 11) is 0. The molecule has 0 aliphatic rings. The van der Waals surface area contributed by atoms with Crippen molar-refractivity contribution in [2.45, 2.75) is 11.9 Å². The SMILES string of the molecule is C#Cc1cnc2ccc(OC(C)(SC)C(N)=O)cc2c1. The second-order valence-corrected chi connectivity index (χ2v) is 5.53. The lowest BCUT2D eigenvalue weighted by Crippen LogP contribution is -2.43. The first-order valence-electron chi connectivity index (χ1n) is 5.89. The zero-order valence-electron chi connectivity index (χ0n) is 11.2. The number of ether oxygens (including phenoxy) is 1. The van der Waals surface area contributed by atoms with Crippen LogP contribution in [0.1, 0.15) is 12.5 Å². The van der Waals surface area contributed by atoms with Gasteiger partial charge in [-0.05, 0) is 37.4 Å². The van der Waals surface area contributed by atoms with Crippen LogP contribution in [0.4, 0.5) is 0 Å². The molecular formula is C15H14N2O2S. The van der Waals surface area contributed by atoms with Crippen LogP contribution in [0.15, 0.2) is 30.5 Å². The smallest absolute Gasteiger partial charge is 0.272 e. The van der Waals surface area contributed by atoms with E-state index in [1.165, 1.54) is 11.8 Å². The minimum absolute atomic E-state index is 0.527. The molecule has 1 heterocycles. The monoisotopic (exact) mass is 286 g/mol.